The summed E-state index contributed by atoms with van der Waals surface area (Å²) >= 11 is 0. The molecule has 0 saturated heterocycles. The van der Waals surface area contributed by atoms with Crippen LogP contribution in [-0.2, 0) is 0 Å². The second kappa shape index (κ2) is 8.08. The van der Waals surface area contributed by atoms with Crippen LogP contribution in [0.15, 0.2) is 0 Å². The number of unbranched alkanes of at least 4 members (excludes halogenated alkanes) is 2. The van der Waals surface area contributed by atoms with Gasteiger partial charge >= 0.3 is 0 Å². The summed E-state index contributed by atoms with van der Waals surface area (Å²) in [7, 11) is 0. The molecule has 0 saturated carbocycles. The maximum absolute atomic E-state index is 4.69. The van der Waals surface area contributed by atoms with Crippen molar-refractivity contribution < 1.29 is 0 Å². The lowest BCUT2D eigenvalue weighted by Crippen LogP contribution is -2.33. The van der Waals surface area contributed by atoms with E-state index in [0.29, 0.717) is 6.04 Å². The minimum Gasteiger partial charge on any atom is -0.370 e. The molecule has 0 fully saturated rings. The SMILES string of the molecule is CCCCCN(c1nc(C)nc(NCC)c1C)C(C)C. The minimum atomic E-state index is 0.453. The molecule has 0 radical (unpaired) electrons. The van der Waals surface area contributed by atoms with E-state index in [-0.39, 0.29) is 0 Å². The molecule has 1 aromatic heterocycles. The summed E-state index contributed by atoms with van der Waals surface area (Å²) in [5.41, 5.74) is 1.16. The molecule has 0 spiro atoms. The molecule has 1 heterocycles. The molecule has 4 nitrogen and oxygen atoms in total. The van der Waals surface area contributed by atoms with Crippen molar-refractivity contribution in [3.05, 3.63) is 11.4 Å². The van der Waals surface area contributed by atoms with E-state index < -0.39 is 0 Å². The van der Waals surface area contributed by atoms with Crippen molar-refractivity contribution in [1.29, 1.82) is 0 Å². The molecule has 1 rings (SSSR count). The van der Waals surface area contributed by atoms with E-state index in [0.717, 1.165) is 36.1 Å². The molecule has 0 aromatic carbocycles. The fourth-order valence-electron chi connectivity index (χ4n) is 2.37. The van der Waals surface area contributed by atoms with Gasteiger partial charge in [0.2, 0.25) is 0 Å². The van der Waals surface area contributed by atoms with Crippen LogP contribution in [-0.4, -0.2) is 29.1 Å². The Labute approximate surface area is 124 Å². The molecular formula is C16H30N4. The molecule has 0 aliphatic rings. The quantitative estimate of drug-likeness (QED) is 0.732. The Morgan fingerprint density at radius 1 is 1.10 bits per heavy atom. The van der Waals surface area contributed by atoms with Gasteiger partial charge in [-0.05, 0) is 41.0 Å². The first-order valence-electron chi connectivity index (χ1n) is 7.86. The summed E-state index contributed by atoms with van der Waals surface area (Å²) < 4.78 is 0. The lowest BCUT2D eigenvalue weighted by molar-refractivity contribution is 0.617. The van der Waals surface area contributed by atoms with E-state index >= 15 is 0 Å². The predicted molar refractivity (Wildman–Crippen MR) is 87.7 cm³/mol. The minimum absolute atomic E-state index is 0.453. The van der Waals surface area contributed by atoms with E-state index in [9.17, 15) is 0 Å². The Morgan fingerprint density at radius 2 is 1.80 bits per heavy atom. The Hall–Kier alpha value is -1.32. The monoisotopic (exact) mass is 278 g/mol. The first-order valence-corrected chi connectivity index (χ1v) is 7.86. The van der Waals surface area contributed by atoms with Crippen LogP contribution in [0.3, 0.4) is 0 Å². The van der Waals surface area contributed by atoms with E-state index in [1.54, 1.807) is 0 Å². The average Bonchev–Trinajstić information content (AvgIpc) is 2.39. The molecule has 4 heteroatoms. The molecule has 0 bridgehead atoms. The number of anilines is 2. The van der Waals surface area contributed by atoms with Crippen LogP contribution in [0.5, 0.6) is 0 Å². The van der Waals surface area contributed by atoms with Gasteiger partial charge in [0.25, 0.3) is 0 Å². The molecule has 0 atom stereocenters. The van der Waals surface area contributed by atoms with Gasteiger partial charge in [-0.1, -0.05) is 19.8 Å². The fraction of sp³-hybridized carbons (Fsp3) is 0.750. The molecule has 20 heavy (non-hydrogen) atoms. The summed E-state index contributed by atoms with van der Waals surface area (Å²) in [5, 5.41) is 3.34. The zero-order valence-corrected chi connectivity index (χ0v) is 14.0. The van der Waals surface area contributed by atoms with E-state index in [2.05, 4.69) is 49.8 Å². The largest absolute Gasteiger partial charge is 0.370 e. The van der Waals surface area contributed by atoms with E-state index in [1.165, 1.54) is 19.3 Å². The van der Waals surface area contributed by atoms with E-state index in [1.807, 2.05) is 6.92 Å². The lowest BCUT2D eigenvalue weighted by atomic mass is 10.2. The Balaban J connectivity index is 3.05. The van der Waals surface area contributed by atoms with Crippen molar-refractivity contribution in [3.8, 4) is 0 Å². The summed E-state index contributed by atoms with van der Waals surface area (Å²) in [6, 6.07) is 0.453. The number of rotatable bonds is 8. The number of nitrogens with zero attached hydrogens (tertiary/aromatic N) is 3. The molecule has 0 unspecified atom stereocenters. The third-order valence-corrected chi connectivity index (χ3v) is 3.47. The number of aromatic nitrogens is 2. The Kier molecular flexibility index (Phi) is 6.76. The van der Waals surface area contributed by atoms with Crippen LogP contribution in [0.1, 0.15) is 58.3 Å². The van der Waals surface area contributed by atoms with Gasteiger partial charge in [-0.25, -0.2) is 9.97 Å². The summed E-state index contributed by atoms with van der Waals surface area (Å²) in [5.74, 6) is 2.89. The smallest absolute Gasteiger partial charge is 0.137 e. The molecule has 1 aromatic rings. The third-order valence-electron chi connectivity index (χ3n) is 3.47. The number of hydrogen-bond donors (Lipinski definition) is 1. The van der Waals surface area contributed by atoms with Gasteiger partial charge in [-0.3, -0.25) is 0 Å². The molecule has 0 aliphatic carbocycles. The molecule has 0 amide bonds. The van der Waals surface area contributed by atoms with Gasteiger partial charge in [0.1, 0.15) is 17.5 Å². The molecular weight excluding hydrogens is 248 g/mol. The molecule has 1 N–H and O–H groups in total. The van der Waals surface area contributed by atoms with Crippen molar-refractivity contribution >= 4 is 11.6 Å². The van der Waals surface area contributed by atoms with E-state index in [4.69, 9.17) is 4.98 Å². The topological polar surface area (TPSA) is 41.1 Å². The van der Waals surface area contributed by atoms with Crippen LogP contribution in [0.25, 0.3) is 0 Å². The first-order chi connectivity index (χ1) is 9.51. The van der Waals surface area contributed by atoms with Crippen molar-refractivity contribution in [2.75, 3.05) is 23.3 Å². The summed E-state index contributed by atoms with van der Waals surface area (Å²) in [4.78, 5) is 11.6. The highest BCUT2D eigenvalue weighted by molar-refractivity contribution is 5.59. The standard InChI is InChI=1S/C16H30N4/c1-7-9-10-11-20(12(3)4)16-13(5)15(17-8-2)18-14(6)19-16/h12H,7-11H2,1-6H3,(H,17,18,19). The lowest BCUT2D eigenvalue weighted by Gasteiger charge is -2.30. The van der Waals surface area contributed by atoms with Crippen LogP contribution in [0, 0.1) is 13.8 Å². The summed E-state index contributed by atoms with van der Waals surface area (Å²) in [6.07, 6.45) is 3.73. The van der Waals surface area contributed by atoms with Crippen molar-refractivity contribution in [2.24, 2.45) is 0 Å². The van der Waals surface area contributed by atoms with Crippen molar-refractivity contribution in [2.45, 2.75) is 66.8 Å². The normalized spacial score (nSPS) is 10.9. The maximum atomic E-state index is 4.69. The average molecular weight is 278 g/mol. The van der Waals surface area contributed by atoms with Crippen LogP contribution in [0.2, 0.25) is 0 Å². The second-order valence-electron chi connectivity index (χ2n) is 5.59. The highest BCUT2D eigenvalue weighted by atomic mass is 15.2. The zero-order valence-electron chi connectivity index (χ0n) is 14.0. The molecule has 114 valence electrons. The first kappa shape index (κ1) is 16.7. The van der Waals surface area contributed by atoms with Gasteiger partial charge in [0, 0.05) is 24.7 Å². The predicted octanol–water partition coefficient (Wildman–Crippen LogP) is 3.93. The van der Waals surface area contributed by atoms with Crippen LogP contribution >= 0.6 is 0 Å². The van der Waals surface area contributed by atoms with Crippen LogP contribution < -0.4 is 10.2 Å². The zero-order chi connectivity index (χ0) is 15.1. The highest BCUT2D eigenvalue weighted by Gasteiger charge is 2.17. The van der Waals surface area contributed by atoms with Gasteiger partial charge in [-0.15, -0.1) is 0 Å². The molecule has 0 aliphatic heterocycles. The maximum Gasteiger partial charge on any atom is 0.137 e. The van der Waals surface area contributed by atoms with Gasteiger partial charge in [0.05, 0.1) is 0 Å². The van der Waals surface area contributed by atoms with Gasteiger partial charge < -0.3 is 10.2 Å². The highest BCUT2D eigenvalue weighted by Crippen LogP contribution is 2.25. The fourth-order valence-corrected chi connectivity index (χ4v) is 2.37. The van der Waals surface area contributed by atoms with Crippen LogP contribution in [0.4, 0.5) is 11.6 Å². The van der Waals surface area contributed by atoms with Crippen molar-refractivity contribution in [1.82, 2.24) is 9.97 Å². The third kappa shape index (κ3) is 4.36. The number of nitrogens with one attached hydrogen (secondary N) is 1. The summed E-state index contributed by atoms with van der Waals surface area (Å²) in [6.45, 7) is 14.8. The van der Waals surface area contributed by atoms with Gasteiger partial charge in [0.15, 0.2) is 0 Å². The van der Waals surface area contributed by atoms with Gasteiger partial charge in [-0.2, -0.15) is 0 Å². The second-order valence-corrected chi connectivity index (χ2v) is 5.59. The van der Waals surface area contributed by atoms with Crippen molar-refractivity contribution in [3.63, 3.8) is 0 Å². The Morgan fingerprint density at radius 3 is 2.35 bits per heavy atom. The number of aryl methyl sites for hydroxylation is 1. The number of hydrogen-bond acceptors (Lipinski definition) is 4. The Bertz CT molecular complexity index is 415.